The Morgan fingerprint density at radius 1 is 1.05 bits per heavy atom. The van der Waals surface area contributed by atoms with Gasteiger partial charge in [-0.25, -0.2) is 9.98 Å². The predicted molar refractivity (Wildman–Crippen MR) is 166 cm³/mol. The van der Waals surface area contributed by atoms with Crippen molar-refractivity contribution in [1.29, 1.82) is 0 Å². The van der Waals surface area contributed by atoms with E-state index in [1.54, 1.807) is 18.6 Å². The van der Waals surface area contributed by atoms with Crippen molar-refractivity contribution < 1.29 is 10.0 Å². The van der Waals surface area contributed by atoms with Crippen molar-refractivity contribution in [3.8, 4) is 5.88 Å². The molecule has 3 N–H and O–H groups in total. The number of fused-ring (bicyclic) bond motifs is 1. The van der Waals surface area contributed by atoms with Crippen LogP contribution in [0.5, 0.6) is 5.88 Å². The summed E-state index contributed by atoms with van der Waals surface area (Å²) in [4.78, 5) is 28.7. The van der Waals surface area contributed by atoms with Gasteiger partial charge < -0.3 is 20.0 Å². The molecular formula is C33H32N6O3. The van der Waals surface area contributed by atoms with Crippen LogP contribution >= 0.6 is 0 Å². The lowest BCUT2D eigenvalue weighted by Gasteiger charge is -2.14. The molecule has 6 rings (SSSR count). The van der Waals surface area contributed by atoms with Gasteiger partial charge >= 0.3 is 0 Å². The Balaban J connectivity index is 1.33. The molecule has 0 bridgehead atoms. The monoisotopic (exact) mass is 560 g/mol. The summed E-state index contributed by atoms with van der Waals surface area (Å²) in [6.45, 7) is 3.52. The Morgan fingerprint density at radius 3 is 2.55 bits per heavy atom. The number of nitrogens with zero attached hydrogens (tertiary/aromatic N) is 4. The van der Waals surface area contributed by atoms with Crippen molar-refractivity contribution in [3.05, 3.63) is 117 Å². The number of aliphatic imine (C=N–C) groups is 1. The molecule has 0 spiro atoms. The first-order chi connectivity index (χ1) is 20.5. The zero-order valence-corrected chi connectivity index (χ0v) is 23.2. The number of aromatic hydroxyl groups is 1. The second-order valence-corrected chi connectivity index (χ2v) is 10.6. The molecule has 1 fully saturated rings. The molecule has 1 aliphatic heterocycles. The van der Waals surface area contributed by atoms with E-state index < -0.39 is 4.92 Å². The number of hydrogen-bond donors (Lipinski definition) is 3. The predicted octanol–water partition coefficient (Wildman–Crippen LogP) is 6.87. The number of nitrogens with one attached hydrogen (secondary N) is 2. The van der Waals surface area contributed by atoms with Crippen molar-refractivity contribution in [3.63, 3.8) is 0 Å². The van der Waals surface area contributed by atoms with Crippen LogP contribution in [0.15, 0.2) is 84.2 Å². The van der Waals surface area contributed by atoms with Crippen LogP contribution in [-0.2, 0) is 6.42 Å². The third-order valence-corrected chi connectivity index (χ3v) is 7.68. The van der Waals surface area contributed by atoms with Crippen molar-refractivity contribution in [2.75, 3.05) is 19.6 Å². The summed E-state index contributed by atoms with van der Waals surface area (Å²) in [5.74, 6) is -0.0851. The minimum absolute atomic E-state index is 0.0520. The molecule has 0 atom stereocenters. The second-order valence-electron chi connectivity index (χ2n) is 10.6. The van der Waals surface area contributed by atoms with Crippen LogP contribution in [0.4, 0.5) is 11.4 Å². The number of non-ortho nitro benzene ring substituents is 1. The molecule has 42 heavy (non-hydrogen) atoms. The van der Waals surface area contributed by atoms with E-state index in [1.807, 2.05) is 48.6 Å². The van der Waals surface area contributed by atoms with Gasteiger partial charge in [-0.1, -0.05) is 42.5 Å². The standard InChI is InChI=1S/C33H32N6O3/c40-33-31(29-20-28(39(41)42)15-16-30(29)37-33)32(25-10-5-23(6-11-25)4-3-19-38-17-1-2-18-38)36-26-12-7-24(8-13-26)9-14-27-21-34-22-35-27/h5-16,20-22,37,40H,1-4,17-19H2,(H,34,35)/b14-9+,36-32?. The molecule has 0 radical (unpaired) electrons. The molecular weight excluding hydrogens is 528 g/mol. The summed E-state index contributed by atoms with van der Waals surface area (Å²) in [5.41, 5.74) is 6.15. The molecule has 9 nitrogen and oxygen atoms in total. The minimum Gasteiger partial charge on any atom is -0.494 e. The molecule has 0 saturated carbocycles. The Labute approximate surface area is 243 Å². The molecule has 2 aromatic heterocycles. The van der Waals surface area contributed by atoms with Gasteiger partial charge in [-0.05, 0) is 80.7 Å². The molecule has 5 aromatic rings. The molecule has 0 aliphatic carbocycles. The molecule has 1 aliphatic rings. The van der Waals surface area contributed by atoms with Gasteiger partial charge in [0.1, 0.15) is 0 Å². The minimum atomic E-state index is -0.434. The van der Waals surface area contributed by atoms with Crippen LogP contribution in [0, 0.1) is 10.1 Å². The van der Waals surface area contributed by atoms with E-state index in [9.17, 15) is 15.2 Å². The van der Waals surface area contributed by atoms with Gasteiger partial charge in [0.05, 0.1) is 40.1 Å². The van der Waals surface area contributed by atoms with E-state index in [2.05, 4.69) is 32.0 Å². The van der Waals surface area contributed by atoms with Crippen molar-refractivity contribution in [1.82, 2.24) is 19.9 Å². The average Bonchev–Trinajstić information content (AvgIpc) is 3.78. The van der Waals surface area contributed by atoms with Crippen LogP contribution in [0.2, 0.25) is 0 Å². The maximum Gasteiger partial charge on any atom is 0.270 e. The first-order valence-electron chi connectivity index (χ1n) is 14.2. The number of H-pyrrole nitrogens is 2. The summed E-state index contributed by atoms with van der Waals surface area (Å²) in [6, 6.07) is 20.5. The van der Waals surface area contributed by atoms with Crippen LogP contribution in [0.1, 0.15) is 47.2 Å². The highest BCUT2D eigenvalue weighted by Crippen LogP contribution is 2.34. The van der Waals surface area contributed by atoms with E-state index >= 15 is 0 Å². The lowest BCUT2D eigenvalue weighted by Crippen LogP contribution is -2.20. The highest BCUT2D eigenvalue weighted by Gasteiger charge is 2.21. The number of rotatable bonds is 10. The summed E-state index contributed by atoms with van der Waals surface area (Å²) in [5, 5.41) is 23.1. The summed E-state index contributed by atoms with van der Waals surface area (Å²) < 4.78 is 0. The van der Waals surface area contributed by atoms with Crippen LogP contribution in [-0.4, -0.2) is 55.2 Å². The van der Waals surface area contributed by atoms with E-state index in [1.165, 1.54) is 43.6 Å². The number of aromatic nitrogens is 3. The largest absolute Gasteiger partial charge is 0.494 e. The summed E-state index contributed by atoms with van der Waals surface area (Å²) in [6.07, 6.45) is 12.0. The lowest BCUT2D eigenvalue weighted by molar-refractivity contribution is -0.384. The van der Waals surface area contributed by atoms with Crippen LogP contribution in [0.3, 0.4) is 0 Å². The topological polar surface area (TPSA) is 123 Å². The highest BCUT2D eigenvalue weighted by molar-refractivity contribution is 6.22. The van der Waals surface area contributed by atoms with Crippen molar-refractivity contribution >= 4 is 40.1 Å². The Morgan fingerprint density at radius 2 is 1.83 bits per heavy atom. The number of likely N-dealkylation sites (tertiary alicyclic amines) is 1. The van der Waals surface area contributed by atoms with Gasteiger partial charge in [0.25, 0.3) is 5.69 Å². The first kappa shape index (κ1) is 27.2. The number of hydrogen-bond acceptors (Lipinski definition) is 6. The normalized spacial score (nSPS) is 14.3. The molecule has 0 amide bonds. The molecule has 0 unspecified atom stereocenters. The van der Waals surface area contributed by atoms with Gasteiger partial charge in [-0.15, -0.1) is 0 Å². The highest BCUT2D eigenvalue weighted by atomic mass is 16.6. The molecule has 3 aromatic carbocycles. The average molecular weight is 561 g/mol. The molecule has 212 valence electrons. The quantitative estimate of drug-likeness (QED) is 0.0977. The maximum atomic E-state index is 11.6. The smallest absolute Gasteiger partial charge is 0.270 e. The van der Waals surface area contributed by atoms with Crippen LogP contribution < -0.4 is 0 Å². The number of imidazole rings is 1. The Hall–Kier alpha value is -5.02. The maximum absolute atomic E-state index is 11.6. The Bertz CT molecular complexity index is 1730. The molecule has 9 heteroatoms. The first-order valence-corrected chi connectivity index (χ1v) is 14.2. The van der Waals surface area contributed by atoms with Gasteiger partial charge in [0.15, 0.2) is 5.88 Å². The van der Waals surface area contributed by atoms with E-state index in [0.717, 1.165) is 36.2 Å². The fourth-order valence-electron chi connectivity index (χ4n) is 5.46. The number of aromatic amines is 2. The number of nitro groups is 1. The van der Waals surface area contributed by atoms with E-state index in [-0.39, 0.29) is 11.6 Å². The van der Waals surface area contributed by atoms with E-state index in [0.29, 0.717) is 27.9 Å². The van der Waals surface area contributed by atoms with E-state index in [4.69, 9.17) is 4.99 Å². The SMILES string of the molecule is O=[N+]([O-])c1ccc2[nH]c(O)c(C(=Nc3ccc(/C=C/c4cnc[nH]4)cc3)c3ccc(CCCN4CCCC4)cc3)c2c1. The fraction of sp³-hybridized carbons (Fsp3) is 0.212. The van der Waals surface area contributed by atoms with Crippen LogP contribution in [0.25, 0.3) is 23.1 Å². The fourth-order valence-corrected chi connectivity index (χ4v) is 5.46. The van der Waals surface area contributed by atoms with Gasteiger partial charge in [0.2, 0.25) is 0 Å². The number of aryl methyl sites for hydroxylation is 1. The molecule has 1 saturated heterocycles. The Kier molecular flexibility index (Phi) is 7.91. The molecule has 3 heterocycles. The third kappa shape index (κ3) is 6.16. The zero-order chi connectivity index (χ0) is 28.9. The summed E-state index contributed by atoms with van der Waals surface area (Å²) in [7, 11) is 0. The van der Waals surface area contributed by atoms with Crippen molar-refractivity contribution in [2.45, 2.75) is 25.7 Å². The van der Waals surface area contributed by atoms with Crippen molar-refractivity contribution in [2.24, 2.45) is 4.99 Å². The number of benzene rings is 3. The second kappa shape index (κ2) is 12.2. The summed E-state index contributed by atoms with van der Waals surface area (Å²) >= 11 is 0. The zero-order valence-electron chi connectivity index (χ0n) is 23.2. The lowest BCUT2D eigenvalue weighted by atomic mass is 9.98. The van der Waals surface area contributed by atoms with Gasteiger partial charge in [-0.3, -0.25) is 10.1 Å². The number of nitro benzene ring substituents is 1. The van der Waals surface area contributed by atoms with Gasteiger partial charge in [-0.2, -0.15) is 0 Å². The van der Waals surface area contributed by atoms with Gasteiger partial charge in [0, 0.05) is 28.6 Å². The third-order valence-electron chi connectivity index (χ3n) is 7.68.